The van der Waals surface area contributed by atoms with Crippen molar-refractivity contribution in [2.75, 3.05) is 6.61 Å². The van der Waals surface area contributed by atoms with E-state index < -0.39 is 11.9 Å². The minimum atomic E-state index is -0.445. The monoisotopic (exact) mass is 376 g/mol. The quantitative estimate of drug-likeness (QED) is 0.839. The van der Waals surface area contributed by atoms with Gasteiger partial charge in [-0.25, -0.2) is 4.79 Å². The number of ether oxygens (including phenoxy) is 1. The van der Waals surface area contributed by atoms with Crippen LogP contribution < -0.4 is 15.4 Å². The fourth-order valence-electron chi connectivity index (χ4n) is 5.55. The Hall–Kier alpha value is -1.75. The van der Waals surface area contributed by atoms with Gasteiger partial charge in [0.05, 0.1) is 0 Å². The van der Waals surface area contributed by atoms with E-state index in [0.29, 0.717) is 10.8 Å². The third-order valence-corrected chi connectivity index (χ3v) is 6.59. The van der Waals surface area contributed by atoms with E-state index in [2.05, 4.69) is 10.6 Å². The minimum absolute atomic E-state index is 0.104. The standard InChI is InChI=1S/C20H25ClN2O3/c1-12-4-16(2-3-17(12)21)26-11-18(24)22-19(25)23-20-8-13-5-14(9-20)7-15(6-13)10-20/h2-4,13-15H,5-11H2,1H3,(H2,22,23,24,25). The van der Waals surface area contributed by atoms with Crippen molar-refractivity contribution < 1.29 is 14.3 Å². The number of imide groups is 1. The van der Waals surface area contributed by atoms with Crippen LogP contribution in [-0.2, 0) is 4.79 Å². The number of halogens is 1. The summed E-state index contributed by atoms with van der Waals surface area (Å²) in [5.41, 5.74) is 0.775. The predicted molar refractivity (Wildman–Crippen MR) is 99.3 cm³/mol. The number of amides is 3. The van der Waals surface area contributed by atoms with E-state index in [9.17, 15) is 9.59 Å². The van der Waals surface area contributed by atoms with Crippen LogP contribution in [0.3, 0.4) is 0 Å². The molecule has 6 heteroatoms. The number of nitrogens with one attached hydrogen (secondary N) is 2. The van der Waals surface area contributed by atoms with Crippen LogP contribution in [0.15, 0.2) is 18.2 Å². The second kappa shape index (κ2) is 6.76. The average Bonchev–Trinajstić information content (AvgIpc) is 2.54. The smallest absolute Gasteiger partial charge is 0.321 e. The Bertz CT molecular complexity index is 698. The first-order valence-corrected chi connectivity index (χ1v) is 9.79. The number of carbonyl (C=O) groups is 2. The lowest BCUT2D eigenvalue weighted by Gasteiger charge is -2.56. The van der Waals surface area contributed by atoms with Crippen molar-refractivity contribution in [2.24, 2.45) is 17.8 Å². The van der Waals surface area contributed by atoms with Gasteiger partial charge in [0.1, 0.15) is 5.75 Å². The molecule has 5 rings (SSSR count). The van der Waals surface area contributed by atoms with Crippen LogP contribution >= 0.6 is 11.6 Å². The van der Waals surface area contributed by atoms with Gasteiger partial charge in [0.2, 0.25) is 0 Å². The molecule has 4 aliphatic carbocycles. The summed E-state index contributed by atoms with van der Waals surface area (Å²) in [6.45, 7) is 1.67. The fraction of sp³-hybridized carbons (Fsp3) is 0.600. The molecule has 5 nitrogen and oxygen atoms in total. The molecule has 0 spiro atoms. The maximum absolute atomic E-state index is 12.3. The maximum Gasteiger partial charge on any atom is 0.321 e. The van der Waals surface area contributed by atoms with Crippen molar-refractivity contribution in [3.05, 3.63) is 28.8 Å². The molecule has 0 atom stereocenters. The molecule has 1 aromatic rings. The van der Waals surface area contributed by atoms with Crippen LogP contribution in [0.5, 0.6) is 5.75 Å². The topological polar surface area (TPSA) is 67.4 Å². The molecule has 2 N–H and O–H groups in total. The number of hydrogen-bond acceptors (Lipinski definition) is 3. The van der Waals surface area contributed by atoms with E-state index in [1.54, 1.807) is 18.2 Å². The number of aryl methyl sites for hydroxylation is 1. The first kappa shape index (κ1) is 17.7. The Morgan fingerprint density at radius 3 is 2.35 bits per heavy atom. The highest BCUT2D eigenvalue weighted by Gasteiger charge is 2.51. The van der Waals surface area contributed by atoms with Crippen LogP contribution in [0.4, 0.5) is 4.79 Å². The number of rotatable bonds is 4. The van der Waals surface area contributed by atoms with Crippen LogP contribution in [0, 0.1) is 24.7 Å². The van der Waals surface area contributed by atoms with Gasteiger partial charge in [-0.15, -0.1) is 0 Å². The van der Waals surface area contributed by atoms with Crippen molar-refractivity contribution in [3.63, 3.8) is 0 Å². The van der Waals surface area contributed by atoms with E-state index in [0.717, 1.165) is 42.6 Å². The molecule has 1 aromatic carbocycles. The highest BCUT2D eigenvalue weighted by atomic mass is 35.5. The molecule has 26 heavy (non-hydrogen) atoms. The van der Waals surface area contributed by atoms with Crippen molar-refractivity contribution in [2.45, 2.75) is 51.0 Å². The highest BCUT2D eigenvalue weighted by Crippen LogP contribution is 2.55. The highest BCUT2D eigenvalue weighted by molar-refractivity contribution is 6.31. The van der Waals surface area contributed by atoms with Gasteiger partial charge in [-0.3, -0.25) is 10.1 Å². The maximum atomic E-state index is 12.3. The van der Waals surface area contributed by atoms with E-state index in [-0.39, 0.29) is 12.1 Å². The summed E-state index contributed by atoms with van der Waals surface area (Å²) in [4.78, 5) is 24.4. The fourth-order valence-corrected chi connectivity index (χ4v) is 5.67. The zero-order valence-corrected chi connectivity index (χ0v) is 15.8. The Kier molecular flexibility index (Phi) is 4.59. The van der Waals surface area contributed by atoms with Gasteiger partial charge in [-0.05, 0) is 87.0 Å². The molecule has 4 saturated carbocycles. The lowest BCUT2D eigenvalue weighted by Crippen LogP contribution is -2.62. The van der Waals surface area contributed by atoms with Gasteiger partial charge < -0.3 is 10.1 Å². The van der Waals surface area contributed by atoms with Gasteiger partial charge in [0.15, 0.2) is 6.61 Å². The Labute approximate surface area is 158 Å². The van der Waals surface area contributed by atoms with Crippen LogP contribution in [0.1, 0.15) is 44.1 Å². The number of urea groups is 1. The molecule has 140 valence electrons. The van der Waals surface area contributed by atoms with Gasteiger partial charge in [0.25, 0.3) is 5.91 Å². The van der Waals surface area contributed by atoms with E-state index >= 15 is 0 Å². The molecule has 4 aliphatic rings. The summed E-state index contributed by atoms with van der Waals surface area (Å²) in [7, 11) is 0. The van der Waals surface area contributed by atoms with Crippen LogP contribution in [0.2, 0.25) is 5.02 Å². The van der Waals surface area contributed by atoms with E-state index in [1.165, 1.54) is 19.3 Å². The lowest BCUT2D eigenvalue weighted by atomic mass is 9.53. The van der Waals surface area contributed by atoms with Gasteiger partial charge in [-0.1, -0.05) is 11.6 Å². The summed E-state index contributed by atoms with van der Waals surface area (Å²) in [5.74, 6) is 2.35. The van der Waals surface area contributed by atoms with Crippen molar-refractivity contribution in [1.29, 1.82) is 0 Å². The lowest BCUT2D eigenvalue weighted by molar-refractivity contribution is -0.122. The largest absolute Gasteiger partial charge is 0.484 e. The molecule has 3 amide bonds. The number of hydrogen-bond donors (Lipinski definition) is 2. The molecule has 0 unspecified atom stereocenters. The van der Waals surface area contributed by atoms with Crippen molar-refractivity contribution in [3.8, 4) is 5.75 Å². The minimum Gasteiger partial charge on any atom is -0.484 e. The molecule has 0 aliphatic heterocycles. The Morgan fingerprint density at radius 2 is 1.77 bits per heavy atom. The van der Waals surface area contributed by atoms with Gasteiger partial charge in [-0.2, -0.15) is 0 Å². The molecule has 0 heterocycles. The molecule has 0 saturated heterocycles. The normalized spacial score (nSPS) is 31.5. The second-order valence-corrected chi connectivity index (χ2v) is 8.81. The zero-order chi connectivity index (χ0) is 18.3. The Morgan fingerprint density at radius 1 is 1.15 bits per heavy atom. The summed E-state index contributed by atoms with van der Waals surface area (Å²) < 4.78 is 5.45. The van der Waals surface area contributed by atoms with E-state index in [4.69, 9.17) is 16.3 Å². The van der Waals surface area contributed by atoms with Crippen molar-refractivity contribution >= 4 is 23.5 Å². The third kappa shape index (κ3) is 3.68. The summed E-state index contributed by atoms with van der Waals surface area (Å²) in [5, 5.41) is 6.19. The van der Waals surface area contributed by atoms with Crippen molar-refractivity contribution in [1.82, 2.24) is 10.6 Å². The molecule has 0 radical (unpaired) electrons. The first-order chi connectivity index (χ1) is 12.4. The van der Waals surface area contributed by atoms with Gasteiger partial charge >= 0.3 is 6.03 Å². The second-order valence-electron chi connectivity index (χ2n) is 8.40. The van der Waals surface area contributed by atoms with E-state index in [1.807, 2.05) is 6.92 Å². The molecule has 0 aromatic heterocycles. The Balaban J connectivity index is 1.28. The summed E-state index contributed by atoms with van der Waals surface area (Å²) >= 11 is 5.97. The van der Waals surface area contributed by atoms with Gasteiger partial charge in [0, 0.05) is 10.6 Å². The number of carbonyl (C=O) groups excluding carboxylic acids is 2. The average molecular weight is 377 g/mol. The third-order valence-electron chi connectivity index (χ3n) is 6.17. The molecular weight excluding hydrogens is 352 g/mol. The zero-order valence-electron chi connectivity index (χ0n) is 15.0. The van der Waals surface area contributed by atoms with Crippen LogP contribution in [0.25, 0.3) is 0 Å². The first-order valence-electron chi connectivity index (χ1n) is 9.42. The summed E-state index contributed by atoms with van der Waals surface area (Å²) in [6.07, 6.45) is 7.12. The summed E-state index contributed by atoms with van der Waals surface area (Å²) in [6, 6.07) is 4.81. The molecule has 4 bridgehead atoms. The van der Waals surface area contributed by atoms with Crippen LogP contribution in [-0.4, -0.2) is 24.1 Å². The molecule has 4 fully saturated rings. The number of benzene rings is 1. The predicted octanol–water partition coefficient (Wildman–Crippen LogP) is 3.82. The molecular formula is C20H25ClN2O3. The SMILES string of the molecule is Cc1cc(OCC(=O)NC(=O)NC23CC4CC(CC(C4)C2)C3)ccc1Cl.